The lowest BCUT2D eigenvalue weighted by Gasteiger charge is -2.21. The van der Waals surface area contributed by atoms with Crippen LogP contribution in [0.5, 0.6) is 0 Å². The van der Waals surface area contributed by atoms with Gasteiger partial charge in [-0.05, 0) is 43.0 Å². The second-order valence-electron chi connectivity index (χ2n) is 8.90. The Morgan fingerprint density at radius 3 is 2.77 bits per heavy atom. The highest BCUT2D eigenvalue weighted by Crippen LogP contribution is 2.35. The molecule has 3 aromatic heterocycles. The number of carbonyl (C=O) groups is 1. The highest BCUT2D eigenvalue weighted by molar-refractivity contribution is 6.35. The number of benzene rings is 1. The minimum atomic E-state index is -0.353. The van der Waals surface area contributed by atoms with Crippen LogP contribution < -0.4 is 16.4 Å². The van der Waals surface area contributed by atoms with Crippen molar-refractivity contribution in [2.45, 2.75) is 32.1 Å². The number of carbonyl (C=O) groups excluding carboxylic acids is 1. The molecule has 180 valence electrons. The van der Waals surface area contributed by atoms with E-state index >= 15 is 0 Å². The van der Waals surface area contributed by atoms with E-state index in [0.29, 0.717) is 45.6 Å². The summed E-state index contributed by atoms with van der Waals surface area (Å²) in [6, 6.07) is 8.99. The number of aryl methyl sites for hydroxylation is 1. The minimum absolute atomic E-state index is 0.107. The Kier molecular flexibility index (Phi) is 6.50. The van der Waals surface area contributed by atoms with Crippen molar-refractivity contribution in [2.24, 2.45) is 13.0 Å². The lowest BCUT2D eigenvalue weighted by Crippen LogP contribution is -2.34. The molecular formula is C25H27ClN8O. The van der Waals surface area contributed by atoms with E-state index in [1.54, 1.807) is 16.9 Å². The van der Waals surface area contributed by atoms with E-state index in [1.165, 1.54) is 19.3 Å². The molecule has 0 bridgehead atoms. The van der Waals surface area contributed by atoms with Crippen molar-refractivity contribution in [3.8, 4) is 22.6 Å². The van der Waals surface area contributed by atoms with Crippen molar-refractivity contribution in [2.75, 3.05) is 17.6 Å². The van der Waals surface area contributed by atoms with Crippen molar-refractivity contribution in [3.05, 3.63) is 47.7 Å². The molecule has 10 heteroatoms. The number of amides is 2. The first kappa shape index (κ1) is 23.0. The van der Waals surface area contributed by atoms with Crippen LogP contribution in [0.1, 0.15) is 32.1 Å². The second kappa shape index (κ2) is 9.87. The number of nitrogens with two attached hydrogens (primary N) is 1. The summed E-state index contributed by atoms with van der Waals surface area (Å²) in [7, 11) is 1.82. The smallest absolute Gasteiger partial charge is 0.320 e. The molecule has 0 radical (unpaired) electrons. The number of hydrogen-bond acceptors (Lipinski definition) is 6. The zero-order chi connectivity index (χ0) is 24.4. The van der Waals surface area contributed by atoms with E-state index in [1.807, 2.05) is 37.5 Å². The maximum atomic E-state index is 12.7. The standard InChI is InChI=1S/C25H27ClN8O/c1-34-11-9-19(33-34)22-21(17-12-16-8-5-10-28-20(16)18(26)13-17)31-24(23(27)30-22)32-25(35)29-14-15-6-3-2-4-7-15/h5,8-13,15H,2-4,6-7,14H2,1H3,(H2,27,30)(H2,29,31,32,35). The maximum Gasteiger partial charge on any atom is 0.320 e. The zero-order valence-electron chi connectivity index (χ0n) is 19.5. The van der Waals surface area contributed by atoms with E-state index in [0.717, 1.165) is 18.2 Å². The average Bonchev–Trinajstić information content (AvgIpc) is 3.30. The van der Waals surface area contributed by atoms with E-state index in [4.69, 9.17) is 22.3 Å². The number of nitrogen functional groups attached to an aromatic ring is 1. The van der Waals surface area contributed by atoms with Crippen LogP contribution >= 0.6 is 11.6 Å². The molecule has 1 aliphatic rings. The van der Waals surface area contributed by atoms with Crippen molar-refractivity contribution < 1.29 is 4.79 Å². The summed E-state index contributed by atoms with van der Waals surface area (Å²) in [5.41, 5.74) is 9.26. The molecule has 1 fully saturated rings. The molecule has 4 N–H and O–H groups in total. The van der Waals surface area contributed by atoms with Gasteiger partial charge in [-0.15, -0.1) is 0 Å². The van der Waals surface area contributed by atoms with Gasteiger partial charge in [-0.25, -0.2) is 14.8 Å². The minimum Gasteiger partial charge on any atom is -0.381 e. The van der Waals surface area contributed by atoms with Crippen molar-refractivity contribution >= 4 is 40.2 Å². The number of urea groups is 1. The second-order valence-corrected chi connectivity index (χ2v) is 9.31. The van der Waals surface area contributed by atoms with Crippen LogP contribution in [0.25, 0.3) is 33.5 Å². The highest BCUT2D eigenvalue weighted by atomic mass is 35.5. The molecule has 0 spiro atoms. The van der Waals surface area contributed by atoms with Gasteiger partial charge in [0.25, 0.3) is 0 Å². The van der Waals surface area contributed by atoms with Crippen LogP contribution in [0.2, 0.25) is 5.02 Å². The molecule has 0 atom stereocenters. The summed E-state index contributed by atoms with van der Waals surface area (Å²) in [6.45, 7) is 0.630. The fourth-order valence-electron chi connectivity index (χ4n) is 4.53. The van der Waals surface area contributed by atoms with Crippen LogP contribution in [0.4, 0.5) is 16.4 Å². The van der Waals surface area contributed by atoms with Gasteiger partial charge in [0, 0.05) is 36.9 Å². The van der Waals surface area contributed by atoms with Gasteiger partial charge in [0.1, 0.15) is 17.1 Å². The van der Waals surface area contributed by atoms with Crippen LogP contribution in [-0.2, 0) is 7.05 Å². The summed E-state index contributed by atoms with van der Waals surface area (Å²) in [4.78, 5) is 26.3. The molecule has 35 heavy (non-hydrogen) atoms. The van der Waals surface area contributed by atoms with Crippen LogP contribution in [-0.4, -0.2) is 37.3 Å². The Hall–Kier alpha value is -3.72. The third kappa shape index (κ3) is 5.05. The Bertz CT molecular complexity index is 1380. The molecule has 5 rings (SSSR count). The zero-order valence-corrected chi connectivity index (χ0v) is 20.2. The molecule has 3 heterocycles. The third-order valence-electron chi connectivity index (χ3n) is 6.32. The SMILES string of the molecule is Cn1ccc(-c2nc(N)c(NC(=O)NCC3CCCCC3)nc2-c2cc(Cl)c3ncccc3c2)n1. The van der Waals surface area contributed by atoms with Crippen LogP contribution in [0.15, 0.2) is 42.7 Å². The van der Waals surface area contributed by atoms with E-state index in [2.05, 4.69) is 25.7 Å². The number of rotatable bonds is 5. The fraction of sp³-hybridized carbons (Fsp3) is 0.320. The Labute approximate surface area is 208 Å². The fourth-order valence-corrected chi connectivity index (χ4v) is 4.80. The Balaban J connectivity index is 1.50. The van der Waals surface area contributed by atoms with Crippen molar-refractivity contribution in [3.63, 3.8) is 0 Å². The quantitative estimate of drug-likeness (QED) is 0.360. The number of fused-ring (bicyclic) bond motifs is 1. The first-order valence-electron chi connectivity index (χ1n) is 11.7. The lowest BCUT2D eigenvalue weighted by atomic mass is 9.89. The number of hydrogen-bond donors (Lipinski definition) is 3. The van der Waals surface area contributed by atoms with E-state index < -0.39 is 0 Å². The molecule has 0 aliphatic heterocycles. The first-order chi connectivity index (χ1) is 17.0. The molecule has 0 saturated heterocycles. The largest absolute Gasteiger partial charge is 0.381 e. The molecular weight excluding hydrogens is 464 g/mol. The van der Waals surface area contributed by atoms with Gasteiger partial charge >= 0.3 is 6.03 Å². The molecule has 4 aromatic rings. The summed E-state index contributed by atoms with van der Waals surface area (Å²) in [5, 5.41) is 11.6. The monoisotopic (exact) mass is 490 g/mol. The van der Waals surface area contributed by atoms with Crippen molar-refractivity contribution in [1.82, 2.24) is 30.0 Å². The van der Waals surface area contributed by atoms with Crippen LogP contribution in [0.3, 0.4) is 0 Å². The molecule has 9 nitrogen and oxygen atoms in total. The van der Waals surface area contributed by atoms with Gasteiger partial charge in [-0.2, -0.15) is 5.10 Å². The number of anilines is 2. The van der Waals surface area contributed by atoms with Gasteiger partial charge < -0.3 is 11.1 Å². The topological polar surface area (TPSA) is 124 Å². The third-order valence-corrected chi connectivity index (χ3v) is 6.61. The molecule has 1 aliphatic carbocycles. The first-order valence-corrected chi connectivity index (χ1v) is 12.1. The molecule has 1 saturated carbocycles. The normalized spacial score (nSPS) is 14.2. The van der Waals surface area contributed by atoms with Gasteiger partial charge in [0.05, 0.1) is 10.5 Å². The van der Waals surface area contributed by atoms with Gasteiger partial charge in [0.2, 0.25) is 0 Å². The highest BCUT2D eigenvalue weighted by Gasteiger charge is 2.20. The van der Waals surface area contributed by atoms with Gasteiger partial charge in [-0.3, -0.25) is 15.0 Å². The number of pyridine rings is 1. The summed E-state index contributed by atoms with van der Waals surface area (Å²) in [5.74, 6) is 0.798. The van der Waals surface area contributed by atoms with Crippen molar-refractivity contribution in [1.29, 1.82) is 0 Å². The Morgan fingerprint density at radius 2 is 2.00 bits per heavy atom. The Morgan fingerprint density at radius 1 is 1.17 bits per heavy atom. The van der Waals surface area contributed by atoms with E-state index in [-0.39, 0.29) is 17.7 Å². The predicted molar refractivity (Wildman–Crippen MR) is 138 cm³/mol. The number of aromatic nitrogens is 5. The van der Waals surface area contributed by atoms with Crippen LogP contribution in [0, 0.1) is 5.92 Å². The van der Waals surface area contributed by atoms with Gasteiger partial charge in [0.15, 0.2) is 11.6 Å². The molecule has 1 aromatic carbocycles. The summed E-state index contributed by atoms with van der Waals surface area (Å²) >= 11 is 6.55. The van der Waals surface area contributed by atoms with E-state index in [9.17, 15) is 4.79 Å². The van der Waals surface area contributed by atoms with Gasteiger partial charge in [-0.1, -0.05) is 36.9 Å². The summed E-state index contributed by atoms with van der Waals surface area (Å²) < 4.78 is 1.68. The maximum absolute atomic E-state index is 12.7. The average molecular weight is 491 g/mol. The lowest BCUT2D eigenvalue weighted by molar-refractivity contribution is 0.247. The molecule has 2 amide bonds. The number of halogens is 1. The number of nitrogens with one attached hydrogen (secondary N) is 2. The molecule has 0 unspecified atom stereocenters. The summed E-state index contributed by atoms with van der Waals surface area (Å²) in [6.07, 6.45) is 9.51. The number of nitrogens with zero attached hydrogens (tertiary/aromatic N) is 5. The predicted octanol–water partition coefficient (Wildman–Crippen LogP) is 5.03.